The van der Waals surface area contributed by atoms with Crippen LogP contribution in [0.25, 0.3) is 0 Å². The third-order valence-electron chi connectivity index (χ3n) is 2.08. The van der Waals surface area contributed by atoms with E-state index in [-0.39, 0.29) is 13.2 Å². The van der Waals surface area contributed by atoms with Crippen LogP contribution in [0.1, 0.15) is 20.8 Å². The lowest BCUT2D eigenvalue weighted by Gasteiger charge is -2.34. The minimum absolute atomic E-state index is 0.113. The number of alkyl halides is 3. The molecule has 1 heterocycles. The van der Waals surface area contributed by atoms with Crippen molar-refractivity contribution in [2.45, 2.75) is 38.7 Å². The molecule has 0 bridgehead atoms. The molecule has 7 heteroatoms. The molecular formula is C10H16F3NO3. The number of nitrogens with zero attached hydrogens (tertiary/aromatic N) is 1. The molecule has 0 saturated carbocycles. The van der Waals surface area contributed by atoms with Crippen LogP contribution in [-0.4, -0.2) is 48.6 Å². The highest BCUT2D eigenvalue weighted by atomic mass is 19.4. The molecule has 0 aliphatic carbocycles. The first-order valence-electron chi connectivity index (χ1n) is 5.26. The lowest BCUT2D eigenvalue weighted by atomic mass is 10.2. The van der Waals surface area contributed by atoms with Gasteiger partial charge in [-0.2, -0.15) is 13.2 Å². The second-order valence-corrected chi connectivity index (χ2v) is 4.83. The van der Waals surface area contributed by atoms with Gasteiger partial charge in [-0.25, -0.2) is 4.79 Å². The summed E-state index contributed by atoms with van der Waals surface area (Å²) < 4.78 is 46.8. The summed E-state index contributed by atoms with van der Waals surface area (Å²) in [5, 5.41) is 0. The van der Waals surface area contributed by atoms with E-state index in [1.54, 1.807) is 20.8 Å². The zero-order valence-corrected chi connectivity index (χ0v) is 10.0. The van der Waals surface area contributed by atoms with Crippen LogP contribution in [0.5, 0.6) is 0 Å². The molecule has 1 aliphatic rings. The van der Waals surface area contributed by atoms with Crippen LogP contribution in [-0.2, 0) is 9.47 Å². The molecule has 1 rings (SSSR count). The highest BCUT2D eigenvalue weighted by molar-refractivity contribution is 5.68. The molecule has 1 aliphatic heterocycles. The fraction of sp³-hybridized carbons (Fsp3) is 0.900. The molecule has 1 saturated heterocycles. The predicted octanol–water partition coefficient (Wildman–Crippen LogP) is 2.18. The molecule has 0 aromatic heterocycles. The Kier molecular flexibility index (Phi) is 3.91. The van der Waals surface area contributed by atoms with Crippen LogP contribution >= 0.6 is 0 Å². The molecule has 0 radical (unpaired) electrons. The van der Waals surface area contributed by atoms with E-state index < -0.39 is 30.5 Å². The summed E-state index contributed by atoms with van der Waals surface area (Å²) in [6.07, 6.45) is -7.13. The van der Waals surface area contributed by atoms with Gasteiger partial charge in [0.15, 0.2) is 6.10 Å². The highest BCUT2D eigenvalue weighted by Crippen LogP contribution is 2.26. The monoisotopic (exact) mass is 255 g/mol. The first kappa shape index (κ1) is 14.1. The van der Waals surface area contributed by atoms with Gasteiger partial charge in [0.1, 0.15) is 5.60 Å². The lowest BCUT2D eigenvalue weighted by molar-refractivity contribution is -0.234. The van der Waals surface area contributed by atoms with Gasteiger partial charge in [0, 0.05) is 6.54 Å². The van der Waals surface area contributed by atoms with Gasteiger partial charge < -0.3 is 14.4 Å². The molecule has 1 atom stereocenters. The Bertz CT molecular complexity index is 286. The maximum Gasteiger partial charge on any atom is 0.416 e. The van der Waals surface area contributed by atoms with Crippen molar-refractivity contribution in [2.75, 3.05) is 19.7 Å². The molecule has 0 N–H and O–H groups in total. The van der Waals surface area contributed by atoms with Crippen LogP contribution in [0.3, 0.4) is 0 Å². The number of amides is 1. The molecule has 17 heavy (non-hydrogen) atoms. The minimum Gasteiger partial charge on any atom is -0.444 e. The van der Waals surface area contributed by atoms with E-state index in [4.69, 9.17) is 4.74 Å². The van der Waals surface area contributed by atoms with Crippen molar-refractivity contribution in [3.05, 3.63) is 0 Å². The molecule has 0 aromatic carbocycles. The Morgan fingerprint density at radius 2 is 1.94 bits per heavy atom. The Balaban J connectivity index is 2.58. The smallest absolute Gasteiger partial charge is 0.416 e. The van der Waals surface area contributed by atoms with Crippen molar-refractivity contribution < 1.29 is 27.4 Å². The lowest BCUT2D eigenvalue weighted by Crippen LogP contribution is -2.52. The van der Waals surface area contributed by atoms with Crippen molar-refractivity contribution in [2.24, 2.45) is 0 Å². The van der Waals surface area contributed by atoms with Crippen molar-refractivity contribution >= 4 is 6.09 Å². The molecular weight excluding hydrogens is 239 g/mol. The van der Waals surface area contributed by atoms with Gasteiger partial charge >= 0.3 is 12.3 Å². The summed E-state index contributed by atoms with van der Waals surface area (Å²) in [5.41, 5.74) is -0.719. The largest absolute Gasteiger partial charge is 0.444 e. The fourth-order valence-electron chi connectivity index (χ4n) is 1.34. The second kappa shape index (κ2) is 4.72. The Hall–Kier alpha value is -0.980. The fourth-order valence-corrected chi connectivity index (χ4v) is 1.34. The second-order valence-electron chi connectivity index (χ2n) is 4.83. The molecule has 4 nitrogen and oxygen atoms in total. The van der Waals surface area contributed by atoms with Crippen LogP contribution in [0.15, 0.2) is 0 Å². The normalized spacial score (nSPS) is 22.5. The molecule has 1 fully saturated rings. The van der Waals surface area contributed by atoms with Crippen LogP contribution in [0, 0.1) is 0 Å². The van der Waals surface area contributed by atoms with Gasteiger partial charge in [0.2, 0.25) is 0 Å². The van der Waals surface area contributed by atoms with E-state index in [9.17, 15) is 18.0 Å². The number of ether oxygens (including phenoxy) is 2. The molecule has 0 aromatic rings. The zero-order chi connectivity index (χ0) is 13.3. The standard InChI is InChI=1S/C10H16F3NO3/c1-9(2,3)17-8(15)14-4-5-16-7(6-14)10(11,12)13/h7H,4-6H2,1-3H3/t7-/m1/s1. The summed E-state index contributed by atoms with van der Waals surface area (Å²) in [6, 6.07) is 0. The maximum atomic E-state index is 12.4. The molecule has 1 amide bonds. The number of hydrogen-bond acceptors (Lipinski definition) is 3. The summed E-state index contributed by atoms with van der Waals surface area (Å²) >= 11 is 0. The number of rotatable bonds is 0. The van der Waals surface area contributed by atoms with E-state index in [1.807, 2.05) is 0 Å². The number of hydrogen-bond donors (Lipinski definition) is 0. The van der Waals surface area contributed by atoms with E-state index in [0.717, 1.165) is 4.90 Å². The Morgan fingerprint density at radius 3 is 2.41 bits per heavy atom. The van der Waals surface area contributed by atoms with Crippen molar-refractivity contribution in [1.29, 1.82) is 0 Å². The number of morpholine rings is 1. The van der Waals surface area contributed by atoms with E-state index in [2.05, 4.69) is 4.74 Å². The van der Waals surface area contributed by atoms with E-state index in [1.165, 1.54) is 0 Å². The van der Waals surface area contributed by atoms with Crippen LogP contribution in [0.4, 0.5) is 18.0 Å². The minimum atomic E-state index is -4.46. The SMILES string of the molecule is CC(C)(C)OC(=O)N1CCO[C@@H](C(F)(F)F)C1. The van der Waals surface area contributed by atoms with Crippen LogP contribution in [0.2, 0.25) is 0 Å². The van der Waals surface area contributed by atoms with Crippen molar-refractivity contribution in [1.82, 2.24) is 4.90 Å². The van der Waals surface area contributed by atoms with Gasteiger partial charge in [-0.3, -0.25) is 0 Å². The summed E-state index contributed by atoms with van der Waals surface area (Å²) in [7, 11) is 0. The average molecular weight is 255 g/mol. The number of halogens is 3. The molecule has 0 unspecified atom stereocenters. The van der Waals surface area contributed by atoms with Gasteiger partial charge in [0.05, 0.1) is 13.2 Å². The van der Waals surface area contributed by atoms with Gasteiger partial charge in [-0.15, -0.1) is 0 Å². The Labute approximate surface area is 97.7 Å². The van der Waals surface area contributed by atoms with Gasteiger partial charge in [0.25, 0.3) is 0 Å². The number of carbonyl (C=O) groups is 1. The zero-order valence-electron chi connectivity index (χ0n) is 10.0. The first-order valence-corrected chi connectivity index (χ1v) is 5.26. The Morgan fingerprint density at radius 1 is 1.35 bits per heavy atom. The molecule has 0 spiro atoms. The predicted molar refractivity (Wildman–Crippen MR) is 53.6 cm³/mol. The summed E-state index contributed by atoms with van der Waals surface area (Å²) in [4.78, 5) is 12.6. The summed E-state index contributed by atoms with van der Waals surface area (Å²) in [6.45, 7) is 4.44. The maximum absolute atomic E-state index is 12.4. The highest BCUT2D eigenvalue weighted by Gasteiger charge is 2.44. The molecule has 100 valence electrons. The van der Waals surface area contributed by atoms with Gasteiger partial charge in [-0.1, -0.05) is 0 Å². The summed E-state index contributed by atoms with van der Waals surface area (Å²) in [5.74, 6) is 0. The van der Waals surface area contributed by atoms with E-state index >= 15 is 0 Å². The third kappa shape index (κ3) is 4.41. The van der Waals surface area contributed by atoms with Gasteiger partial charge in [-0.05, 0) is 20.8 Å². The quantitative estimate of drug-likeness (QED) is 0.666. The van der Waals surface area contributed by atoms with E-state index in [0.29, 0.717) is 0 Å². The topological polar surface area (TPSA) is 38.8 Å². The van der Waals surface area contributed by atoms with Crippen molar-refractivity contribution in [3.63, 3.8) is 0 Å². The van der Waals surface area contributed by atoms with Crippen molar-refractivity contribution in [3.8, 4) is 0 Å². The number of carbonyl (C=O) groups excluding carboxylic acids is 1. The first-order chi connectivity index (χ1) is 7.59. The third-order valence-corrected chi connectivity index (χ3v) is 2.08. The average Bonchev–Trinajstić information content (AvgIpc) is 2.14. The van der Waals surface area contributed by atoms with Crippen LogP contribution < -0.4 is 0 Å².